The highest BCUT2D eigenvalue weighted by Gasteiger charge is 2.35. The average molecular weight is 578 g/mol. The Morgan fingerprint density at radius 1 is 0.444 bits per heavy atom. The van der Waals surface area contributed by atoms with Crippen LogP contribution in [0.5, 0.6) is 0 Å². The zero-order chi connectivity index (χ0) is 30.1. The minimum Gasteiger partial charge on any atom is -0.456 e. The van der Waals surface area contributed by atoms with E-state index in [9.17, 15) is 0 Å². The number of rotatable bonds is 4. The van der Waals surface area contributed by atoms with E-state index in [2.05, 4.69) is 170 Å². The lowest BCUT2D eigenvalue weighted by Gasteiger charge is -2.28. The van der Waals surface area contributed by atoms with Gasteiger partial charge >= 0.3 is 0 Å². The molecule has 1 aliphatic rings. The summed E-state index contributed by atoms with van der Waals surface area (Å²) in [6.07, 6.45) is 0. The van der Waals surface area contributed by atoms with Crippen LogP contribution in [0.25, 0.3) is 55.0 Å². The van der Waals surface area contributed by atoms with Gasteiger partial charge in [-0.15, -0.1) is 0 Å². The van der Waals surface area contributed by atoms with E-state index in [0.29, 0.717) is 0 Å². The molecule has 0 bridgehead atoms. The van der Waals surface area contributed by atoms with Gasteiger partial charge in [0.05, 0.1) is 0 Å². The third kappa shape index (κ3) is 3.89. The van der Waals surface area contributed by atoms with Crippen LogP contribution in [0.1, 0.15) is 25.0 Å². The molecule has 0 fully saturated rings. The van der Waals surface area contributed by atoms with E-state index in [4.69, 9.17) is 4.42 Å². The molecule has 0 N–H and O–H groups in total. The van der Waals surface area contributed by atoms with Crippen LogP contribution < -0.4 is 4.90 Å². The number of fused-ring (bicyclic) bond motifs is 8. The summed E-state index contributed by atoms with van der Waals surface area (Å²) in [6.45, 7) is 4.68. The number of anilines is 3. The van der Waals surface area contributed by atoms with Crippen LogP contribution in [-0.2, 0) is 5.41 Å². The Morgan fingerprint density at radius 2 is 1.09 bits per heavy atom. The van der Waals surface area contributed by atoms with Crippen LogP contribution in [0.2, 0.25) is 0 Å². The van der Waals surface area contributed by atoms with E-state index in [1.807, 2.05) is 0 Å². The molecule has 0 spiro atoms. The Balaban J connectivity index is 1.27. The molecule has 1 aliphatic carbocycles. The van der Waals surface area contributed by atoms with E-state index in [-0.39, 0.29) is 5.41 Å². The van der Waals surface area contributed by atoms with Gasteiger partial charge in [-0.25, -0.2) is 0 Å². The van der Waals surface area contributed by atoms with Crippen LogP contribution in [0.15, 0.2) is 156 Å². The molecule has 0 unspecified atom stereocenters. The minimum absolute atomic E-state index is 0.0790. The van der Waals surface area contributed by atoms with Crippen molar-refractivity contribution in [3.8, 4) is 22.3 Å². The summed E-state index contributed by atoms with van der Waals surface area (Å²) in [6, 6.07) is 54.6. The SMILES string of the molecule is CC1(C)c2ccccc2-c2ccc(N(c3ccccc3)c3ccc4oc5cc(-c6ccccc6)c6ccccc6c5c4c3)cc21. The van der Waals surface area contributed by atoms with Gasteiger partial charge in [-0.2, -0.15) is 0 Å². The first kappa shape index (κ1) is 25.9. The van der Waals surface area contributed by atoms with Crippen molar-refractivity contribution in [1.82, 2.24) is 0 Å². The van der Waals surface area contributed by atoms with Crippen molar-refractivity contribution in [2.45, 2.75) is 19.3 Å². The Labute approximate surface area is 262 Å². The van der Waals surface area contributed by atoms with Gasteiger partial charge in [-0.1, -0.05) is 117 Å². The van der Waals surface area contributed by atoms with Crippen molar-refractivity contribution in [2.75, 3.05) is 4.90 Å². The van der Waals surface area contributed by atoms with Gasteiger partial charge < -0.3 is 9.32 Å². The fourth-order valence-corrected chi connectivity index (χ4v) is 7.48. The molecule has 45 heavy (non-hydrogen) atoms. The highest BCUT2D eigenvalue weighted by Crippen LogP contribution is 2.51. The van der Waals surface area contributed by atoms with Crippen molar-refractivity contribution in [3.05, 3.63) is 163 Å². The predicted octanol–water partition coefficient (Wildman–Crippen LogP) is 12.2. The molecule has 0 saturated heterocycles. The number of hydrogen-bond acceptors (Lipinski definition) is 2. The summed E-state index contributed by atoms with van der Waals surface area (Å²) in [7, 11) is 0. The van der Waals surface area contributed by atoms with E-state index >= 15 is 0 Å². The third-order valence-corrected chi connectivity index (χ3v) is 9.64. The molecule has 9 rings (SSSR count). The average Bonchev–Trinajstić information content (AvgIpc) is 3.57. The summed E-state index contributed by atoms with van der Waals surface area (Å²) >= 11 is 0. The fourth-order valence-electron chi connectivity index (χ4n) is 7.48. The lowest BCUT2D eigenvalue weighted by Crippen LogP contribution is -2.16. The molecule has 0 amide bonds. The number of hydrogen-bond donors (Lipinski definition) is 0. The molecule has 7 aromatic carbocycles. The van der Waals surface area contributed by atoms with Crippen LogP contribution in [0.3, 0.4) is 0 Å². The first-order chi connectivity index (χ1) is 22.1. The number of nitrogens with zero attached hydrogens (tertiary/aromatic N) is 1. The molecule has 1 heterocycles. The Morgan fingerprint density at radius 3 is 1.91 bits per heavy atom. The second kappa shape index (κ2) is 9.70. The zero-order valence-electron chi connectivity index (χ0n) is 25.3. The zero-order valence-corrected chi connectivity index (χ0v) is 25.3. The van der Waals surface area contributed by atoms with E-state index in [1.165, 1.54) is 44.2 Å². The molecule has 0 aliphatic heterocycles. The van der Waals surface area contributed by atoms with E-state index in [0.717, 1.165) is 39.0 Å². The number of benzene rings is 7. The summed E-state index contributed by atoms with van der Waals surface area (Å²) < 4.78 is 6.57. The second-order valence-corrected chi connectivity index (χ2v) is 12.6. The van der Waals surface area contributed by atoms with Gasteiger partial charge in [0.25, 0.3) is 0 Å². The van der Waals surface area contributed by atoms with Crippen molar-refractivity contribution in [2.24, 2.45) is 0 Å². The molecule has 0 atom stereocenters. The fraction of sp³-hybridized carbons (Fsp3) is 0.0698. The molecule has 8 aromatic rings. The van der Waals surface area contributed by atoms with E-state index in [1.54, 1.807) is 0 Å². The highest BCUT2D eigenvalue weighted by molar-refractivity contribution is 6.22. The van der Waals surface area contributed by atoms with Gasteiger partial charge in [0.1, 0.15) is 11.2 Å². The second-order valence-electron chi connectivity index (χ2n) is 12.6. The maximum Gasteiger partial charge on any atom is 0.136 e. The van der Waals surface area contributed by atoms with Gasteiger partial charge in [0, 0.05) is 33.2 Å². The number of para-hydroxylation sites is 1. The molecule has 2 heteroatoms. The quantitative estimate of drug-likeness (QED) is 0.207. The summed E-state index contributed by atoms with van der Waals surface area (Å²) in [4.78, 5) is 2.37. The molecule has 0 saturated carbocycles. The lowest BCUT2D eigenvalue weighted by molar-refractivity contribution is 0.660. The third-order valence-electron chi connectivity index (χ3n) is 9.64. The summed E-state index contributed by atoms with van der Waals surface area (Å²) in [5, 5.41) is 4.70. The van der Waals surface area contributed by atoms with Gasteiger partial charge in [0.15, 0.2) is 0 Å². The largest absolute Gasteiger partial charge is 0.456 e. The van der Waals surface area contributed by atoms with Crippen molar-refractivity contribution < 1.29 is 4.42 Å². The maximum absolute atomic E-state index is 6.57. The molecule has 0 radical (unpaired) electrons. The predicted molar refractivity (Wildman–Crippen MR) is 189 cm³/mol. The normalized spacial score (nSPS) is 13.3. The Hall–Kier alpha value is -5.60. The van der Waals surface area contributed by atoms with Gasteiger partial charge in [-0.05, 0) is 92.7 Å². The Bertz CT molecular complexity index is 2400. The van der Waals surface area contributed by atoms with Crippen molar-refractivity contribution >= 4 is 49.8 Å². The monoisotopic (exact) mass is 577 g/mol. The van der Waals surface area contributed by atoms with Crippen LogP contribution >= 0.6 is 0 Å². The standard InChI is InChI=1S/C43H31NO/c1-43(2)38-20-12-11-18-33(38)34-23-21-31(26-39(34)43)44(29-15-7-4-8-16-29)30-22-24-40-37(25-30)42-35-19-10-9-17-32(35)36(27-41(42)45-40)28-13-5-3-6-14-28/h3-27H,1-2H3. The molecule has 1 aromatic heterocycles. The first-order valence-corrected chi connectivity index (χ1v) is 15.6. The van der Waals surface area contributed by atoms with Gasteiger partial charge in [0.2, 0.25) is 0 Å². The van der Waals surface area contributed by atoms with Crippen LogP contribution in [0, 0.1) is 0 Å². The smallest absolute Gasteiger partial charge is 0.136 e. The first-order valence-electron chi connectivity index (χ1n) is 15.6. The molecule has 2 nitrogen and oxygen atoms in total. The number of furan rings is 1. The summed E-state index contributed by atoms with van der Waals surface area (Å²) in [5.41, 5.74) is 12.9. The van der Waals surface area contributed by atoms with Crippen LogP contribution in [-0.4, -0.2) is 0 Å². The van der Waals surface area contributed by atoms with Crippen molar-refractivity contribution in [1.29, 1.82) is 0 Å². The highest BCUT2D eigenvalue weighted by atomic mass is 16.3. The summed E-state index contributed by atoms with van der Waals surface area (Å²) in [5.74, 6) is 0. The van der Waals surface area contributed by atoms with E-state index < -0.39 is 0 Å². The maximum atomic E-state index is 6.57. The molecular formula is C43H31NO. The van der Waals surface area contributed by atoms with Crippen LogP contribution in [0.4, 0.5) is 17.1 Å². The lowest BCUT2D eigenvalue weighted by atomic mass is 9.82. The van der Waals surface area contributed by atoms with Gasteiger partial charge in [-0.3, -0.25) is 0 Å². The minimum atomic E-state index is -0.0790. The van der Waals surface area contributed by atoms with Crippen molar-refractivity contribution in [3.63, 3.8) is 0 Å². The molecular weight excluding hydrogens is 546 g/mol. The Kier molecular flexibility index (Phi) is 5.58. The molecule has 214 valence electrons. The topological polar surface area (TPSA) is 16.4 Å².